The molecule has 1 heterocycles. The zero-order valence-corrected chi connectivity index (χ0v) is 24.6. The number of aliphatic imine (C=N–C) groups is 1. The molecule has 0 radical (unpaired) electrons. The fraction of sp³-hybridized carbons (Fsp3) is 0.515. The summed E-state index contributed by atoms with van der Waals surface area (Å²) in [5, 5.41) is 11.5. The number of nitrogens with zero attached hydrogens (tertiary/aromatic N) is 2. The molecule has 2 aliphatic rings. The largest absolute Gasteiger partial charge is 0.481 e. The van der Waals surface area contributed by atoms with Crippen molar-refractivity contribution in [3.05, 3.63) is 71.0 Å². The Morgan fingerprint density at radius 2 is 1.73 bits per heavy atom. The molecule has 41 heavy (non-hydrogen) atoms. The van der Waals surface area contributed by atoms with E-state index in [0.717, 1.165) is 50.5 Å². The van der Waals surface area contributed by atoms with Crippen molar-refractivity contribution in [3.8, 4) is 0 Å². The van der Waals surface area contributed by atoms with Crippen LogP contribution in [0.1, 0.15) is 107 Å². The third-order valence-electron chi connectivity index (χ3n) is 9.17. The smallest absolute Gasteiger partial charge is 0.305 e. The quantitative estimate of drug-likeness (QED) is 0.325. The number of nitrogens with one attached hydrogen (secondary N) is 1. The van der Waals surface area contributed by atoms with E-state index in [1.54, 1.807) is 24.3 Å². The molecule has 1 saturated carbocycles. The lowest BCUT2D eigenvalue weighted by Crippen LogP contribution is -2.51. The Morgan fingerprint density at radius 1 is 1.10 bits per heavy atom. The van der Waals surface area contributed by atoms with Gasteiger partial charge in [-0.25, -0.2) is 4.39 Å². The highest BCUT2D eigenvalue weighted by Crippen LogP contribution is 2.50. The highest BCUT2D eigenvalue weighted by molar-refractivity contribution is 6.46. The van der Waals surface area contributed by atoms with Gasteiger partial charge in [0.25, 0.3) is 11.8 Å². The molecule has 220 valence electrons. The van der Waals surface area contributed by atoms with Gasteiger partial charge < -0.3 is 15.3 Å². The summed E-state index contributed by atoms with van der Waals surface area (Å²) >= 11 is 0. The second-order valence-electron chi connectivity index (χ2n) is 12.1. The predicted octanol–water partition coefficient (Wildman–Crippen LogP) is 6.53. The van der Waals surface area contributed by atoms with Crippen LogP contribution in [0.25, 0.3) is 0 Å². The fourth-order valence-corrected chi connectivity index (χ4v) is 6.30. The number of carboxylic acids is 1. The van der Waals surface area contributed by atoms with Crippen molar-refractivity contribution in [3.63, 3.8) is 0 Å². The second kappa shape index (κ2) is 12.5. The van der Waals surface area contributed by atoms with Gasteiger partial charge in [0.1, 0.15) is 17.2 Å². The lowest BCUT2D eigenvalue weighted by atomic mass is 9.67. The molecule has 2 N–H and O–H groups in total. The molecule has 2 aromatic carbocycles. The molecule has 7 nitrogen and oxygen atoms in total. The van der Waals surface area contributed by atoms with E-state index < -0.39 is 11.6 Å². The van der Waals surface area contributed by atoms with E-state index in [-0.39, 0.29) is 42.1 Å². The van der Waals surface area contributed by atoms with Crippen molar-refractivity contribution >= 4 is 23.5 Å². The number of amides is 2. The number of carbonyl (C=O) groups excluding carboxylic acids is 2. The molecular formula is C33H42FN3O4. The third-order valence-corrected chi connectivity index (χ3v) is 9.17. The van der Waals surface area contributed by atoms with Gasteiger partial charge in [0.15, 0.2) is 0 Å². The summed E-state index contributed by atoms with van der Waals surface area (Å²) in [7, 11) is 0. The summed E-state index contributed by atoms with van der Waals surface area (Å²) in [6.07, 6.45) is 6.00. The van der Waals surface area contributed by atoms with Crippen LogP contribution in [0.4, 0.5) is 4.39 Å². The first-order valence-electron chi connectivity index (χ1n) is 14.8. The van der Waals surface area contributed by atoms with E-state index >= 15 is 0 Å². The highest BCUT2D eigenvalue weighted by atomic mass is 19.1. The first kappa shape index (κ1) is 30.4. The van der Waals surface area contributed by atoms with Crippen LogP contribution in [0, 0.1) is 17.2 Å². The van der Waals surface area contributed by atoms with Gasteiger partial charge in [-0.05, 0) is 85.4 Å². The van der Waals surface area contributed by atoms with Gasteiger partial charge in [-0.3, -0.25) is 19.4 Å². The molecule has 1 atom stereocenters. The molecule has 0 bridgehead atoms. The van der Waals surface area contributed by atoms with E-state index in [1.807, 2.05) is 17.0 Å². The molecule has 0 saturated heterocycles. The zero-order valence-electron chi connectivity index (χ0n) is 24.6. The normalized spacial score (nSPS) is 21.6. The van der Waals surface area contributed by atoms with Gasteiger partial charge in [-0.1, -0.05) is 52.7 Å². The topological polar surface area (TPSA) is 99.1 Å². The first-order valence-corrected chi connectivity index (χ1v) is 14.8. The molecule has 8 heteroatoms. The second-order valence-corrected chi connectivity index (χ2v) is 12.1. The van der Waals surface area contributed by atoms with Gasteiger partial charge >= 0.3 is 5.97 Å². The van der Waals surface area contributed by atoms with Crippen LogP contribution in [-0.2, 0) is 9.59 Å². The van der Waals surface area contributed by atoms with Crippen LogP contribution >= 0.6 is 0 Å². The van der Waals surface area contributed by atoms with Gasteiger partial charge in [0.05, 0.1) is 12.5 Å². The van der Waals surface area contributed by atoms with Crippen molar-refractivity contribution in [2.75, 3.05) is 6.54 Å². The molecule has 0 aromatic heterocycles. The Morgan fingerprint density at radius 3 is 2.29 bits per heavy atom. The summed E-state index contributed by atoms with van der Waals surface area (Å²) in [4.78, 5) is 44.7. The zero-order chi connectivity index (χ0) is 29.8. The summed E-state index contributed by atoms with van der Waals surface area (Å²) < 4.78 is 13.7. The molecule has 1 fully saturated rings. The maximum atomic E-state index is 14.2. The highest BCUT2D eigenvalue weighted by Gasteiger charge is 2.52. The van der Waals surface area contributed by atoms with Crippen molar-refractivity contribution in [2.45, 2.75) is 90.8 Å². The molecule has 2 aromatic rings. The third kappa shape index (κ3) is 6.52. The van der Waals surface area contributed by atoms with Crippen LogP contribution in [0.3, 0.4) is 0 Å². The number of aliphatic carboxylic acids is 1. The lowest BCUT2D eigenvalue weighted by Gasteiger charge is -2.48. The van der Waals surface area contributed by atoms with Gasteiger partial charge in [0.2, 0.25) is 0 Å². The Hall–Kier alpha value is -3.55. The lowest BCUT2D eigenvalue weighted by molar-refractivity contribution is -0.137. The number of carboxylic acid groups (broad SMARTS) is 1. The SMILES string of the molecule is CCC[C@H](c1ccc(C(=O)NCCC(=O)O)cc1)N1C(=O)C(c2ccc(F)cc2)=NC12CCC(C(C)(C)CC)CC2. The average Bonchev–Trinajstić information content (AvgIpc) is 3.23. The first-order chi connectivity index (χ1) is 19.5. The maximum Gasteiger partial charge on any atom is 0.305 e. The Kier molecular flexibility index (Phi) is 9.30. The minimum Gasteiger partial charge on any atom is -0.481 e. The number of hydrogen-bond acceptors (Lipinski definition) is 4. The minimum atomic E-state index is -0.971. The molecule has 0 unspecified atom stereocenters. The summed E-state index contributed by atoms with van der Waals surface area (Å²) in [6.45, 7) is 9.01. The van der Waals surface area contributed by atoms with Crippen LogP contribution in [0.5, 0.6) is 0 Å². The number of carbonyl (C=O) groups is 3. The van der Waals surface area contributed by atoms with Gasteiger partial charge in [-0.15, -0.1) is 0 Å². The monoisotopic (exact) mass is 563 g/mol. The van der Waals surface area contributed by atoms with Crippen molar-refractivity contribution < 1.29 is 23.9 Å². The summed E-state index contributed by atoms with van der Waals surface area (Å²) in [6, 6.07) is 13.0. The molecule has 2 amide bonds. The fourth-order valence-electron chi connectivity index (χ4n) is 6.30. The molecule has 4 rings (SSSR count). The van der Waals surface area contributed by atoms with Gasteiger partial charge in [0, 0.05) is 17.7 Å². The molecule has 1 aliphatic carbocycles. The van der Waals surface area contributed by atoms with E-state index in [2.05, 4.69) is 33.0 Å². The Bertz CT molecular complexity index is 1280. The van der Waals surface area contributed by atoms with E-state index in [0.29, 0.717) is 22.8 Å². The van der Waals surface area contributed by atoms with E-state index in [9.17, 15) is 18.8 Å². The number of halogens is 1. The summed E-state index contributed by atoms with van der Waals surface area (Å²) in [5.41, 5.74) is 1.90. The predicted molar refractivity (Wildman–Crippen MR) is 157 cm³/mol. The average molecular weight is 564 g/mol. The van der Waals surface area contributed by atoms with Crippen molar-refractivity contribution in [1.29, 1.82) is 0 Å². The van der Waals surface area contributed by atoms with Crippen LogP contribution < -0.4 is 5.32 Å². The Balaban J connectivity index is 1.67. The number of hydrogen-bond donors (Lipinski definition) is 2. The van der Waals surface area contributed by atoms with Crippen molar-refractivity contribution in [1.82, 2.24) is 10.2 Å². The summed E-state index contributed by atoms with van der Waals surface area (Å²) in [5.74, 6) is -1.26. The van der Waals surface area contributed by atoms with Crippen LogP contribution in [0.2, 0.25) is 0 Å². The minimum absolute atomic E-state index is 0.0541. The Labute approximate surface area is 242 Å². The maximum absolute atomic E-state index is 14.2. The number of benzene rings is 2. The van der Waals surface area contributed by atoms with Crippen LogP contribution in [0.15, 0.2) is 53.5 Å². The van der Waals surface area contributed by atoms with E-state index in [1.165, 1.54) is 12.1 Å². The molecule has 1 aliphatic heterocycles. The van der Waals surface area contributed by atoms with Crippen LogP contribution in [-0.4, -0.2) is 45.7 Å². The van der Waals surface area contributed by atoms with E-state index in [4.69, 9.17) is 10.1 Å². The molecule has 1 spiro atoms. The standard InChI is InChI=1S/C33H42FN3O4/c1-5-7-27(22-8-10-24(11-9-22)30(40)35-21-18-28(38)39)37-31(41)29(23-12-14-26(34)15-13-23)36-33(37)19-16-25(17-20-33)32(3,4)6-2/h8-15,25,27H,5-7,16-21H2,1-4H3,(H,35,40)(H,38,39)/t25?,27-,33?/m1/s1. The van der Waals surface area contributed by atoms with Crippen molar-refractivity contribution in [2.24, 2.45) is 16.3 Å². The number of rotatable bonds is 11. The molecular weight excluding hydrogens is 521 g/mol. The van der Waals surface area contributed by atoms with Gasteiger partial charge in [-0.2, -0.15) is 0 Å².